The van der Waals surface area contributed by atoms with Crippen LogP contribution in [0.15, 0.2) is 41.4 Å². The second kappa shape index (κ2) is 11.7. The van der Waals surface area contributed by atoms with E-state index in [9.17, 15) is 9.50 Å². The van der Waals surface area contributed by atoms with Crippen molar-refractivity contribution in [3.8, 4) is 5.75 Å². The van der Waals surface area contributed by atoms with Gasteiger partial charge in [0.1, 0.15) is 24.3 Å². The first-order valence-corrected chi connectivity index (χ1v) is 9.94. The average Bonchev–Trinajstić information content (AvgIpc) is 2.67. The van der Waals surface area contributed by atoms with Crippen molar-refractivity contribution in [2.75, 3.05) is 39.3 Å². The number of rotatable bonds is 9. The third-order valence-electron chi connectivity index (χ3n) is 4.48. The van der Waals surface area contributed by atoms with E-state index in [0.29, 0.717) is 17.8 Å². The Kier molecular flexibility index (Phi) is 9.23. The number of aliphatic imine (C=N–C) groups is 1. The Morgan fingerprint density at radius 2 is 2.04 bits per heavy atom. The maximum absolute atomic E-state index is 12.9. The second-order valence-corrected chi connectivity index (χ2v) is 7.29. The predicted molar refractivity (Wildman–Crippen MR) is 111 cm³/mol. The summed E-state index contributed by atoms with van der Waals surface area (Å²) in [7, 11) is 0. The van der Waals surface area contributed by atoms with Crippen LogP contribution in [0.25, 0.3) is 0 Å². The Bertz CT molecular complexity index is 628. The number of piperidine rings is 1. The molecule has 1 atom stereocenters. The van der Waals surface area contributed by atoms with Crippen molar-refractivity contribution in [2.24, 2.45) is 4.99 Å². The van der Waals surface area contributed by atoms with E-state index in [1.165, 1.54) is 29.8 Å². The minimum absolute atomic E-state index is 0.105. The zero-order valence-electron chi connectivity index (χ0n) is 17.0. The van der Waals surface area contributed by atoms with Gasteiger partial charge in [-0.25, -0.2) is 4.39 Å². The van der Waals surface area contributed by atoms with Gasteiger partial charge in [0, 0.05) is 32.2 Å². The first-order valence-electron chi connectivity index (χ1n) is 9.94. The van der Waals surface area contributed by atoms with E-state index in [1.807, 2.05) is 6.92 Å². The van der Waals surface area contributed by atoms with Gasteiger partial charge in [-0.2, -0.15) is 0 Å². The molecule has 0 radical (unpaired) electrons. The van der Waals surface area contributed by atoms with Crippen molar-refractivity contribution in [1.82, 2.24) is 15.5 Å². The third-order valence-corrected chi connectivity index (χ3v) is 4.48. The van der Waals surface area contributed by atoms with E-state index in [0.717, 1.165) is 39.0 Å². The zero-order chi connectivity index (χ0) is 20.4. The van der Waals surface area contributed by atoms with Crippen LogP contribution in [0.4, 0.5) is 4.39 Å². The van der Waals surface area contributed by atoms with Crippen LogP contribution in [0.5, 0.6) is 5.75 Å². The first-order chi connectivity index (χ1) is 13.5. The van der Waals surface area contributed by atoms with E-state index in [1.54, 1.807) is 0 Å². The summed E-state index contributed by atoms with van der Waals surface area (Å²) in [5.74, 6) is 0.919. The molecule has 28 heavy (non-hydrogen) atoms. The average molecular weight is 393 g/mol. The molecule has 1 aliphatic rings. The van der Waals surface area contributed by atoms with Gasteiger partial charge < -0.3 is 20.5 Å². The molecule has 1 unspecified atom stereocenters. The van der Waals surface area contributed by atoms with E-state index >= 15 is 0 Å². The normalized spacial score (nSPS) is 17.2. The smallest absolute Gasteiger partial charge is 0.191 e. The zero-order valence-corrected chi connectivity index (χ0v) is 17.0. The molecular formula is C21H33FN4O2. The van der Waals surface area contributed by atoms with Crippen LogP contribution >= 0.6 is 0 Å². The molecule has 7 heteroatoms. The molecule has 0 bridgehead atoms. The minimum Gasteiger partial charge on any atom is -0.491 e. The molecule has 1 fully saturated rings. The minimum atomic E-state index is -0.738. The highest BCUT2D eigenvalue weighted by Crippen LogP contribution is 2.12. The van der Waals surface area contributed by atoms with Gasteiger partial charge in [-0.15, -0.1) is 0 Å². The van der Waals surface area contributed by atoms with Crippen molar-refractivity contribution >= 4 is 5.96 Å². The van der Waals surface area contributed by atoms with Crippen LogP contribution in [0.2, 0.25) is 0 Å². The number of nitrogens with one attached hydrogen (secondary N) is 2. The summed E-state index contributed by atoms with van der Waals surface area (Å²) in [5, 5.41) is 16.8. The lowest BCUT2D eigenvalue weighted by atomic mass is 10.0. The maximum Gasteiger partial charge on any atom is 0.191 e. The molecule has 0 spiro atoms. The van der Waals surface area contributed by atoms with Gasteiger partial charge in [-0.05, 0) is 51.0 Å². The number of hydrogen-bond acceptors (Lipinski definition) is 4. The third kappa shape index (κ3) is 8.27. The molecular weight excluding hydrogens is 359 g/mol. The summed E-state index contributed by atoms with van der Waals surface area (Å²) in [5.41, 5.74) is 1.19. The molecule has 1 heterocycles. The summed E-state index contributed by atoms with van der Waals surface area (Å²) in [4.78, 5) is 6.90. The molecule has 0 aliphatic carbocycles. The molecule has 156 valence electrons. The van der Waals surface area contributed by atoms with Crippen LogP contribution in [-0.2, 0) is 0 Å². The summed E-state index contributed by atoms with van der Waals surface area (Å²) in [6.07, 6.45) is 1.36. The molecule has 6 nitrogen and oxygen atoms in total. The lowest BCUT2D eigenvalue weighted by molar-refractivity contribution is 0.114. The quantitative estimate of drug-likeness (QED) is 0.341. The topological polar surface area (TPSA) is 69.1 Å². The molecule has 1 aromatic rings. The molecule has 1 aliphatic heterocycles. The largest absolute Gasteiger partial charge is 0.491 e. The first kappa shape index (κ1) is 22.2. The number of aliphatic hydroxyl groups is 1. The van der Waals surface area contributed by atoms with Crippen LogP contribution in [0.1, 0.15) is 26.7 Å². The number of likely N-dealkylation sites (tertiary alicyclic amines) is 1. The number of halogens is 1. The highest BCUT2D eigenvalue weighted by molar-refractivity contribution is 5.80. The summed E-state index contributed by atoms with van der Waals surface area (Å²) in [6.45, 7) is 12.2. The Balaban J connectivity index is 1.76. The monoisotopic (exact) mass is 392 g/mol. The number of guanidine groups is 1. The lowest BCUT2D eigenvalue weighted by Crippen LogP contribution is -2.49. The molecule has 0 saturated carbocycles. The van der Waals surface area contributed by atoms with Crippen molar-refractivity contribution in [3.63, 3.8) is 0 Å². The summed E-state index contributed by atoms with van der Waals surface area (Å²) in [6, 6.07) is 6.10. The van der Waals surface area contributed by atoms with E-state index in [4.69, 9.17) is 4.74 Å². The van der Waals surface area contributed by atoms with Gasteiger partial charge in [0.15, 0.2) is 5.96 Å². The van der Waals surface area contributed by atoms with Gasteiger partial charge >= 0.3 is 0 Å². The Labute approximate surface area is 167 Å². The number of aliphatic hydroxyl groups excluding tert-OH is 1. The Morgan fingerprint density at radius 3 is 2.64 bits per heavy atom. The molecule has 3 N–H and O–H groups in total. The highest BCUT2D eigenvalue weighted by atomic mass is 19.1. The Hall–Kier alpha value is -2.12. The van der Waals surface area contributed by atoms with Crippen molar-refractivity contribution < 1.29 is 14.2 Å². The fourth-order valence-electron chi connectivity index (χ4n) is 3.10. The van der Waals surface area contributed by atoms with Gasteiger partial charge in [0.25, 0.3) is 0 Å². The van der Waals surface area contributed by atoms with Crippen molar-refractivity contribution in [2.45, 2.75) is 38.8 Å². The van der Waals surface area contributed by atoms with Crippen LogP contribution in [-0.4, -0.2) is 67.4 Å². The predicted octanol–water partition coefficient (Wildman–Crippen LogP) is 2.16. The fraction of sp³-hybridized carbons (Fsp3) is 0.571. The lowest BCUT2D eigenvalue weighted by Gasteiger charge is -2.33. The van der Waals surface area contributed by atoms with E-state index < -0.39 is 6.10 Å². The molecule has 2 rings (SSSR count). The Morgan fingerprint density at radius 1 is 1.36 bits per heavy atom. The standard InChI is InChI=1S/C21H33FN4O2/c1-4-23-21(25-18-9-11-26(12-10-18)14-16(2)3)24-13-19(27)15-28-20-7-5-17(22)6-8-20/h5-8,18-19,27H,2,4,9-15H2,1,3H3,(H2,23,24,25). The highest BCUT2D eigenvalue weighted by Gasteiger charge is 2.19. The number of ether oxygens (including phenoxy) is 1. The van der Waals surface area contributed by atoms with Crippen molar-refractivity contribution in [1.29, 1.82) is 0 Å². The van der Waals surface area contributed by atoms with E-state index in [-0.39, 0.29) is 19.0 Å². The molecule has 0 amide bonds. The fourth-order valence-corrected chi connectivity index (χ4v) is 3.10. The van der Waals surface area contributed by atoms with Gasteiger partial charge in [-0.1, -0.05) is 12.2 Å². The molecule has 0 aromatic heterocycles. The van der Waals surface area contributed by atoms with E-state index in [2.05, 4.69) is 34.0 Å². The number of hydrogen-bond donors (Lipinski definition) is 3. The maximum atomic E-state index is 12.9. The van der Waals surface area contributed by atoms with Gasteiger partial charge in [0.2, 0.25) is 0 Å². The molecule has 1 aromatic carbocycles. The van der Waals surface area contributed by atoms with Crippen LogP contribution < -0.4 is 15.4 Å². The SMILES string of the molecule is C=C(C)CN1CCC(NC(=NCC(O)COc2ccc(F)cc2)NCC)CC1. The number of benzene rings is 1. The summed E-state index contributed by atoms with van der Waals surface area (Å²) < 4.78 is 18.4. The van der Waals surface area contributed by atoms with Crippen molar-refractivity contribution in [3.05, 3.63) is 42.2 Å². The second-order valence-electron chi connectivity index (χ2n) is 7.29. The van der Waals surface area contributed by atoms with Crippen LogP contribution in [0, 0.1) is 5.82 Å². The van der Waals surface area contributed by atoms with Gasteiger partial charge in [-0.3, -0.25) is 9.89 Å². The summed E-state index contributed by atoms with van der Waals surface area (Å²) >= 11 is 0. The number of nitrogens with zero attached hydrogens (tertiary/aromatic N) is 2. The van der Waals surface area contributed by atoms with Crippen LogP contribution in [0.3, 0.4) is 0 Å². The molecule has 1 saturated heterocycles. The van der Waals surface area contributed by atoms with Gasteiger partial charge in [0.05, 0.1) is 6.54 Å².